The highest BCUT2D eigenvalue weighted by atomic mass is 35.5. The first kappa shape index (κ1) is 10.7. The quantitative estimate of drug-likeness (QED) is 0.567. The van der Waals surface area contributed by atoms with Crippen molar-refractivity contribution in [3.05, 3.63) is 57.5 Å². The number of allylic oxidation sites excluding steroid dienone is 1. The summed E-state index contributed by atoms with van der Waals surface area (Å²) in [5, 5.41) is 10.6. The molecule has 14 heavy (non-hydrogen) atoms. The summed E-state index contributed by atoms with van der Waals surface area (Å²) in [4.78, 5) is 9.96. The Labute approximate surface area is 87.2 Å². The zero-order valence-electron chi connectivity index (χ0n) is 7.66. The summed E-state index contributed by atoms with van der Waals surface area (Å²) in [6.45, 7) is 5.48. The number of rotatable bonds is 3. The standard InChI is InChI=1S/C10H9ClNO2/c1-3-7(2)8-4-5-10(12(13)14)9(11)6-8/h3-6H,1H2,2H3. The van der Waals surface area contributed by atoms with Gasteiger partial charge >= 0.3 is 0 Å². The zero-order chi connectivity index (χ0) is 10.7. The number of nitro benzene ring substituents is 1. The maximum atomic E-state index is 10.5. The molecule has 4 heteroatoms. The Morgan fingerprint density at radius 2 is 2.29 bits per heavy atom. The van der Waals surface area contributed by atoms with E-state index in [2.05, 4.69) is 6.58 Å². The van der Waals surface area contributed by atoms with Crippen LogP contribution in [0.25, 0.3) is 0 Å². The van der Waals surface area contributed by atoms with Crippen molar-refractivity contribution in [3.63, 3.8) is 0 Å². The van der Waals surface area contributed by atoms with E-state index >= 15 is 0 Å². The normalized spacial score (nSPS) is 10.2. The molecule has 0 atom stereocenters. The Kier molecular flexibility index (Phi) is 3.25. The third kappa shape index (κ3) is 2.12. The molecule has 0 heterocycles. The number of benzene rings is 1. The minimum absolute atomic E-state index is 0.0766. The molecule has 0 aliphatic rings. The van der Waals surface area contributed by atoms with E-state index in [1.807, 2.05) is 6.92 Å². The largest absolute Gasteiger partial charge is 0.287 e. The fourth-order valence-electron chi connectivity index (χ4n) is 1.02. The van der Waals surface area contributed by atoms with Crippen LogP contribution in [0.3, 0.4) is 0 Å². The van der Waals surface area contributed by atoms with Crippen molar-refractivity contribution < 1.29 is 4.92 Å². The summed E-state index contributed by atoms with van der Waals surface area (Å²) < 4.78 is 0. The van der Waals surface area contributed by atoms with Crippen LogP contribution in [-0.2, 0) is 0 Å². The van der Waals surface area contributed by atoms with Crippen molar-refractivity contribution >= 4 is 17.3 Å². The van der Waals surface area contributed by atoms with Crippen molar-refractivity contribution in [3.8, 4) is 0 Å². The summed E-state index contributed by atoms with van der Waals surface area (Å²) in [5.74, 6) is 0.932. The Bertz CT molecular complexity index is 376. The summed E-state index contributed by atoms with van der Waals surface area (Å²) in [6.07, 6.45) is 1.68. The highest BCUT2D eigenvalue weighted by Gasteiger charge is 2.13. The van der Waals surface area contributed by atoms with E-state index in [0.29, 0.717) is 0 Å². The molecular weight excluding hydrogens is 202 g/mol. The first-order valence-electron chi connectivity index (χ1n) is 3.96. The fraction of sp³-hybridized carbons (Fsp3) is 0.100. The minimum atomic E-state index is -0.505. The second kappa shape index (κ2) is 4.24. The Morgan fingerprint density at radius 3 is 2.71 bits per heavy atom. The average molecular weight is 211 g/mol. The highest BCUT2D eigenvalue weighted by Crippen LogP contribution is 2.27. The molecule has 0 aromatic heterocycles. The maximum absolute atomic E-state index is 10.5. The van der Waals surface area contributed by atoms with Gasteiger partial charge in [-0.25, -0.2) is 0 Å². The summed E-state index contributed by atoms with van der Waals surface area (Å²) in [7, 11) is 0. The molecule has 0 unspecified atom stereocenters. The van der Waals surface area contributed by atoms with Crippen molar-refractivity contribution in [2.45, 2.75) is 6.92 Å². The van der Waals surface area contributed by atoms with E-state index in [4.69, 9.17) is 11.6 Å². The van der Waals surface area contributed by atoms with Gasteiger partial charge in [0.2, 0.25) is 0 Å². The van der Waals surface area contributed by atoms with Crippen LogP contribution in [0.2, 0.25) is 5.02 Å². The lowest BCUT2D eigenvalue weighted by atomic mass is 10.0. The predicted octanol–water partition coefficient (Wildman–Crippen LogP) is 3.38. The smallest absolute Gasteiger partial charge is 0.258 e. The van der Waals surface area contributed by atoms with Gasteiger partial charge in [0.05, 0.1) is 4.92 Å². The van der Waals surface area contributed by atoms with E-state index in [1.165, 1.54) is 6.07 Å². The Morgan fingerprint density at radius 1 is 1.64 bits per heavy atom. The molecule has 1 radical (unpaired) electrons. The van der Waals surface area contributed by atoms with Gasteiger partial charge in [-0.15, -0.1) is 6.58 Å². The third-order valence-electron chi connectivity index (χ3n) is 1.91. The van der Waals surface area contributed by atoms with Crippen LogP contribution in [-0.4, -0.2) is 4.92 Å². The molecule has 0 saturated heterocycles. The van der Waals surface area contributed by atoms with Gasteiger partial charge in [-0.05, 0) is 11.6 Å². The number of hydrogen-bond acceptors (Lipinski definition) is 2. The molecule has 0 spiro atoms. The Balaban J connectivity index is 3.12. The molecule has 0 aliphatic carbocycles. The van der Waals surface area contributed by atoms with Crippen LogP contribution in [0.15, 0.2) is 30.9 Å². The monoisotopic (exact) mass is 210 g/mol. The van der Waals surface area contributed by atoms with Crippen LogP contribution >= 0.6 is 11.6 Å². The van der Waals surface area contributed by atoms with Gasteiger partial charge in [-0.1, -0.05) is 30.7 Å². The second-order valence-corrected chi connectivity index (χ2v) is 3.22. The van der Waals surface area contributed by atoms with E-state index in [0.717, 1.165) is 11.5 Å². The molecule has 3 nitrogen and oxygen atoms in total. The highest BCUT2D eigenvalue weighted by molar-refractivity contribution is 6.32. The zero-order valence-corrected chi connectivity index (χ0v) is 8.41. The van der Waals surface area contributed by atoms with Crippen LogP contribution < -0.4 is 0 Å². The lowest BCUT2D eigenvalue weighted by Gasteiger charge is -2.05. The first-order valence-corrected chi connectivity index (χ1v) is 4.34. The van der Waals surface area contributed by atoms with Crippen molar-refractivity contribution in [2.75, 3.05) is 0 Å². The van der Waals surface area contributed by atoms with Crippen LogP contribution in [0.4, 0.5) is 5.69 Å². The van der Waals surface area contributed by atoms with Gasteiger partial charge in [0.25, 0.3) is 5.69 Å². The average Bonchev–Trinajstić information content (AvgIpc) is 2.15. The van der Waals surface area contributed by atoms with Gasteiger partial charge in [-0.3, -0.25) is 10.1 Å². The first-order chi connectivity index (χ1) is 6.56. The molecule has 0 saturated carbocycles. The summed E-state index contributed by atoms with van der Waals surface area (Å²) in [5.41, 5.74) is 0.767. The summed E-state index contributed by atoms with van der Waals surface area (Å²) in [6, 6.07) is 4.61. The number of nitro groups is 1. The number of hydrogen-bond donors (Lipinski definition) is 0. The third-order valence-corrected chi connectivity index (χ3v) is 2.21. The topological polar surface area (TPSA) is 43.1 Å². The number of halogens is 1. The van der Waals surface area contributed by atoms with E-state index in [1.54, 1.807) is 18.2 Å². The Hall–Kier alpha value is -1.35. The fourth-order valence-corrected chi connectivity index (χ4v) is 1.27. The van der Waals surface area contributed by atoms with Gasteiger partial charge in [0.1, 0.15) is 5.02 Å². The van der Waals surface area contributed by atoms with Crippen LogP contribution in [0.5, 0.6) is 0 Å². The number of nitrogens with zero attached hydrogens (tertiary/aromatic N) is 1. The second-order valence-electron chi connectivity index (χ2n) is 2.81. The molecule has 0 N–H and O–H groups in total. The molecular formula is C10H9ClNO2. The van der Waals surface area contributed by atoms with Gasteiger partial charge in [0.15, 0.2) is 0 Å². The molecule has 73 valence electrons. The van der Waals surface area contributed by atoms with Crippen molar-refractivity contribution in [1.29, 1.82) is 0 Å². The molecule has 1 rings (SSSR count). The van der Waals surface area contributed by atoms with Gasteiger partial charge < -0.3 is 0 Å². The van der Waals surface area contributed by atoms with E-state index in [-0.39, 0.29) is 10.7 Å². The lowest BCUT2D eigenvalue weighted by molar-refractivity contribution is -0.384. The van der Waals surface area contributed by atoms with Crippen molar-refractivity contribution in [2.24, 2.45) is 0 Å². The molecule has 1 aromatic carbocycles. The van der Waals surface area contributed by atoms with Crippen LogP contribution in [0.1, 0.15) is 12.5 Å². The molecule has 1 aromatic rings. The molecule has 0 bridgehead atoms. The minimum Gasteiger partial charge on any atom is -0.258 e. The SMILES string of the molecule is C=C[C](C)c1ccc([N+](=O)[O-])c(Cl)c1. The maximum Gasteiger partial charge on any atom is 0.287 e. The summed E-state index contributed by atoms with van der Waals surface area (Å²) >= 11 is 5.74. The van der Waals surface area contributed by atoms with Crippen molar-refractivity contribution in [1.82, 2.24) is 0 Å². The van der Waals surface area contributed by atoms with E-state index in [9.17, 15) is 10.1 Å². The lowest BCUT2D eigenvalue weighted by Crippen LogP contribution is -1.93. The molecule has 0 fully saturated rings. The predicted molar refractivity (Wildman–Crippen MR) is 56.3 cm³/mol. The van der Waals surface area contributed by atoms with Gasteiger partial charge in [0, 0.05) is 12.0 Å². The molecule has 0 aliphatic heterocycles. The van der Waals surface area contributed by atoms with Gasteiger partial charge in [-0.2, -0.15) is 0 Å². The van der Waals surface area contributed by atoms with Crippen LogP contribution in [0, 0.1) is 16.0 Å². The van der Waals surface area contributed by atoms with E-state index < -0.39 is 4.92 Å². The molecule has 0 amide bonds.